The van der Waals surface area contributed by atoms with Crippen LogP contribution in [0.15, 0.2) is 47.9 Å². The van der Waals surface area contributed by atoms with E-state index in [1.807, 2.05) is 0 Å². The molecule has 0 unspecified atom stereocenters. The van der Waals surface area contributed by atoms with Crippen LogP contribution in [0.25, 0.3) is 5.57 Å². The van der Waals surface area contributed by atoms with Crippen LogP contribution in [0.5, 0.6) is 0 Å². The first-order chi connectivity index (χ1) is 15.6. The summed E-state index contributed by atoms with van der Waals surface area (Å²) in [6.07, 6.45) is -1.38. The Morgan fingerprint density at radius 1 is 1.39 bits per heavy atom. The zero-order chi connectivity index (χ0) is 24.3. The Balaban J connectivity index is 1.85. The summed E-state index contributed by atoms with van der Waals surface area (Å²) in [5.74, 6) is -0.143. The number of nitrogens with two attached hydrogens (primary N) is 1. The van der Waals surface area contributed by atoms with Crippen molar-refractivity contribution in [3.8, 4) is 0 Å². The lowest BCUT2D eigenvalue weighted by molar-refractivity contribution is -0.138. The number of thiocarbonyl (C=S) groups is 1. The highest BCUT2D eigenvalue weighted by molar-refractivity contribution is 7.81. The van der Waals surface area contributed by atoms with Crippen LogP contribution in [-0.2, 0) is 29.2 Å². The van der Waals surface area contributed by atoms with Crippen molar-refractivity contribution < 1.29 is 22.7 Å². The van der Waals surface area contributed by atoms with E-state index in [0.717, 1.165) is 6.07 Å². The standard InChI is InChI=1S/C22H22ClF3N4O2S/c1-30-20(17(23)11-28-30)14-9-19(33)15(8-18(14)32-2)21(31)29-13(10-27)7-12-5-3-4-6-16(12)22(24,25)26/h3-6,8,11,13H,7,9-10,27H2,1-2H3,(H,29,31)/t13-/m0/s1. The Morgan fingerprint density at radius 2 is 2.09 bits per heavy atom. The number of nitrogens with one attached hydrogen (secondary N) is 1. The second-order valence-electron chi connectivity index (χ2n) is 7.43. The van der Waals surface area contributed by atoms with Crippen LogP contribution in [0.3, 0.4) is 0 Å². The molecule has 0 aliphatic heterocycles. The predicted molar refractivity (Wildman–Crippen MR) is 124 cm³/mol. The maximum Gasteiger partial charge on any atom is 0.416 e. The van der Waals surface area contributed by atoms with E-state index in [1.54, 1.807) is 11.7 Å². The maximum absolute atomic E-state index is 13.3. The molecule has 1 aliphatic carbocycles. The summed E-state index contributed by atoms with van der Waals surface area (Å²) < 4.78 is 47.0. The predicted octanol–water partition coefficient (Wildman–Crippen LogP) is 3.84. The summed E-state index contributed by atoms with van der Waals surface area (Å²) >= 11 is 11.7. The van der Waals surface area contributed by atoms with Gasteiger partial charge in [0, 0.05) is 36.5 Å². The van der Waals surface area contributed by atoms with Crippen LogP contribution in [0.2, 0.25) is 5.02 Å². The highest BCUT2D eigenvalue weighted by Gasteiger charge is 2.34. The summed E-state index contributed by atoms with van der Waals surface area (Å²) in [5.41, 5.74) is 6.54. The summed E-state index contributed by atoms with van der Waals surface area (Å²) in [7, 11) is 3.18. The van der Waals surface area contributed by atoms with Gasteiger partial charge in [-0.15, -0.1) is 0 Å². The van der Waals surface area contributed by atoms with Crippen LogP contribution in [0.4, 0.5) is 13.2 Å². The van der Waals surface area contributed by atoms with Crippen LogP contribution >= 0.6 is 23.8 Å². The second-order valence-corrected chi connectivity index (χ2v) is 8.33. The van der Waals surface area contributed by atoms with Gasteiger partial charge in [0.2, 0.25) is 0 Å². The Bertz CT molecular complexity index is 1120. The van der Waals surface area contributed by atoms with Crippen molar-refractivity contribution in [3.05, 3.63) is 69.7 Å². The molecule has 3 N–H and O–H groups in total. The maximum atomic E-state index is 13.3. The minimum absolute atomic E-state index is 0.0477. The topological polar surface area (TPSA) is 82.2 Å². The number of allylic oxidation sites excluding steroid dienone is 2. The number of hydrogen-bond donors (Lipinski definition) is 2. The Labute approximate surface area is 199 Å². The number of halogens is 4. The first-order valence-electron chi connectivity index (χ1n) is 9.92. The molecule has 0 radical (unpaired) electrons. The van der Waals surface area contributed by atoms with E-state index in [0.29, 0.717) is 26.9 Å². The van der Waals surface area contributed by atoms with Crippen LogP contribution < -0.4 is 11.1 Å². The molecule has 1 aromatic carbocycles. The number of rotatable bonds is 7. The smallest absolute Gasteiger partial charge is 0.416 e. The van der Waals surface area contributed by atoms with E-state index in [1.165, 1.54) is 37.6 Å². The first-order valence-corrected chi connectivity index (χ1v) is 10.7. The van der Waals surface area contributed by atoms with Crippen LogP contribution in [-0.4, -0.2) is 40.2 Å². The second kappa shape index (κ2) is 10.1. The minimum Gasteiger partial charge on any atom is -0.496 e. The number of aromatic nitrogens is 2. The molecule has 0 fully saturated rings. The molecule has 1 atom stereocenters. The van der Waals surface area contributed by atoms with Gasteiger partial charge in [-0.1, -0.05) is 42.0 Å². The van der Waals surface area contributed by atoms with Gasteiger partial charge in [0.25, 0.3) is 5.91 Å². The van der Waals surface area contributed by atoms with Gasteiger partial charge in [0.05, 0.1) is 35.2 Å². The number of hydrogen-bond acceptors (Lipinski definition) is 5. The molecule has 1 aliphatic rings. The van der Waals surface area contributed by atoms with Gasteiger partial charge < -0.3 is 15.8 Å². The number of nitrogens with zero attached hydrogens (tertiary/aromatic N) is 2. The number of methoxy groups -OCH3 is 1. The normalized spacial score (nSPS) is 15.4. The van der Waals surface area contributed by atoms with Gasteiger partial charge in [0.15, 0.2) is 0 Å². The fourth-order valence-electron chi connectivity index (χ4n) is 3.66. The molecule has 0 bridgehead atoms. The number of benzene rings is 1. The third-order valence-corrected chi connectivity index (χ3v) is 5.90. The van der Waals surface area contributed by atoms with Gasteiger partial charge in [0.1, 0.15) is 5.76 Å². The number of alkyl halides is 3. The van der Waals surface area contributed by atoms with E-state index >= 15 is 0 Å². The zero-order valence-electron chi connectivity index (χ0n) is 17.9. The largest absolute Gasteiger partial charge is 0.496 e. The average Bonchev–Trinajstić information content (AvgIpc) is 3.10. The molecular weight excluding hydrogens is 477 g/mol. The van der Waals surface area contributed by atoms with Gasteiger partial charge in [-0.25, -0.2) is 0 Å². The molecule has 0 saturated heterocycles. The lowest BCUT2D eigenvalue weighted by Crippen LogP contribution is -2.43. The lowest BCUT2D eigenvalue weighted by Gasteiger charge is -2.23. The summed E-state index contributed by atoms with van der Waals surface area (Å²) in [4.78, 5) is 13.3. The fraction of sp³-hybridized carbons (Fsp3) is 0.318. The van der Waals surface area contributed by atoms with E-state index in [4.69, 9.17) is 34.3 Å². The average molecular weight is 499 g/mol. The highest BCUT2D eigenvalue weighted by atomic mass is 35.5. The highest BCUT2D eigenvalue weighted by Crippen LogP contribution is 2.35. The summed E-state index contributed by atoms with van der Waals surface area (Å²) in [6.45, 7) is -0.0547. The Hall–Kier alpha value is -2.69. The molecule has 1 aromatic heterocycles. The molecule has 6 nitrogen and oxygen atoms in total. The zero-order valence-corrected chi connectivity index (χ0v) is 19.4. The third-order valence-electron chi connectivity index (χ3n) is 5.26. The molecule has 1 amide bonds. The third kappa shape index (κ3) is 5.45. The quantitative estimate of drug-likeness (QED) is 0.567. The van der Waals surface area contributed by atoms with E-state index in [9.17, 15) is 18.0 Å². The van der Waals surface area contributed by atoms with E-state index in [-0.39, 0.29) is 30.5 Å². The molecule has 33 heavy (non-hydrogen) atoms. The van der Waals surface area contributed by atoms with Crippen molar-refractivity contribution in [2.24, 2.45) is 12.8 Å². The van der Waals surface area contributed by atoms with Gasteiger partial charge in [-0.3, -0.25) is 9.48 Å². The van der Waals surface area contributed by atoms with Crippen molar-refractivity contribution >= 4 is 40.2 Å². The molecule has 2 aromatic rings. The van der Waals surface area contributed by atoms with Crippen LogP contribution in [0.1, 0.15) is 23.2 Å². The summed E-state index contributed by atoms with van der Waals surface area (Å²) in [5, 5.41) is 7.23. The van der Waals surface area contributed by atoms with E-state index in [2.05, 4.69) is 10.4 Å². The van der Waals surface area contributed by atoms with Crippen molar-refractivity contribution in [1.82, 2.24) is 15.1 Å². The number of carbonyl (C=O) groups excluding carboxylic acids is 1. The molecule has 176 valence electrons. The number of aryl methyl sites for hydroxylation is 1. The number of carbonyl (C=O) groups is 1. The SMILES string of the molecule is COC1=C(c2c(Cl)cnn2C)CC(=S)C(C(=O)N[C@H](CN)Cc2ccccc2C(F)(F)F)=C1. The number of ether oxygens (including phenoxy) is 1. The Kier molecular flexibility index (Phi) is 7.61. The van der Waals surface area contributed by atoms with Crippen molar-refractivity contribution in [1.29, 1.82) is 0 Å². The molecule has 3 rings (SSSR count). The van der Waals surface area contributed by atoms with Crippen molar-refractivity contribution in [2.75, 3.05) is 13.7 Å². The Morgan fingerprint density at radius 3 is 2.67 bits per heavy atom. The first kappa shape index (κ1) is 24.9. The molecule has 0 spiro atoms. The lowest BCUT2D eigenvalue weighted by atomic mass is 9.93. The molecule has 0 saturated carbocycles. The number of amides is 1. The van der Waals surface area contributed by atoms with E-state index < -0.39 is 23.7 Å². The molecule has 1 heterocycles. The van der Waals surface area contributed by atoms with Crippen molar-refractivity contribution in [2.45, 2.75) is 25.1 Å². The van der Waals surface area contributed by atoms with Crippen LogP contribution in [0, 0.1) is 0 Å². The molecule has 11 heteroatoms. The minimum atomic E-state index is -4.51. The van der Waals surface area contributed by atoms with Gasteiger partial charge in [-0.05, 0) is 24.1 Å². The van der Waals surface area contributed by atoms with Crippen molar-refractivity contribution in [3.63, 3.8) is 0 Å². The molecular formula is C22H22ClF3N4O2S. The van der Waals surface area contributed by atoms with Gasteiger partial charge in [-0.2, -0.15) is 18.3 Å². The summed E-state index contributed by atoms with van der Waals surface area (Å²) in [6, 6.07) is 4.48. The monoisotopic (exact) mass is 498 g/mol. The fourth-order valence-corrected chi connectivity index (χ4v) is 4.24. The van der Waals surface area contributed by atoms with Gasteiger partial charge >= 0.3 is 6.18 Å².